The van der Waals surface area contributed by atoms with Crippen molar-refractivity contribution in [1.82, 2.24) is 29.6 Å². The highest BCUT2D eigenvalue weighted by atomic mass is 16.5. The highest BCUT2D eigenvalue weighted by Crippen LogP contribution is 2.39. The minimum absolute atomic E-state index is 0.0377. The fraction of sp³-hybridized carbons (Fsp3) is 0.528. The van der Waals surface area contributed by atoms with Crippen molar-refractivity contribution in [2.24, 2.45) is 13.0 Å². The molecule has 1 atom stereocenters. The van der Waals surface area contributed by atoms with E-state index in [0.29, 0.717) is 37.4 Å². The van der Waals surface area contributed by atoms with E-state index in [1.165, 1.54) is 0 Å². The van der Waals surface area contributed by atoms with Gasteiger partial charge in [-0.1, -0.05) is 0 Å². The minimum Gasteiger partial charge on any atom is -0.496 e. The summed E-state index contributed by atoms with van der Waals surface area (Å²) in [5, 5.41) is 3.74. The van der Waals surface area contributed by atoms with E-state index < -0.39 is 6.04 Å². The maximum atomic E-state index is 13.0. The number of carbonyl (C=O) groups is 3. The van der Waals surface area contributed by atoms with Crippen molar-refractivity contribution < 1.29 is 23.9 Å². The Morgan fingerprint density at radius 1 is 0.918 bits per heavy atom. The molecule has 3 saturated heterocycles. The molecule has 0 aliphatic carbocycles. The van der Waals surface area contributed by atoms with Gasteiger partial charge in [0.15, 0.2) is 0 Å². The van der Waals surface area contributed by atoms with E-state index in [-0.39, 0.29) is 29.7 Å². The summed E-state index contributed by atoms with van der Waals surface area (Å²) in [7, 11) is 8.96. The first-order valence-electron chi connectivity index (χ1n) is 17.1. The second-order valence-corrected chi connectivity index (χ2v) is 13.6. The number of rotatable bonds is 10. The number of carbonyl (C=O) groups excluding carboxylic acids is 3. The number of anilines is 1. The van der Waals surface area contributed by atoms with Crippen LogP contribution in [-0.2, 0) is 28.0 Å². The maximum absolute atomic E-state index is 13.0. The molecular weight excluding hydrogens is 626 g/mol. The van der Waals surface area contributed by atoms with Gasteiger partial charge < -0.3 is 23.8 Å². The lowest BCUT2D eigenvalue weighted by Crippen LogP contribution is -2.60. The Morgan fingerprint density at radius 2 is 1.63 bits per heavy atom. The van der Waals surface area contributed by atoms with Crippen LogP contribution in [0, 0.1) is 5.92 Å². The van der Waals surface area contributed by atoms with Gasteiger partial charge in [-0.3, -0.25) is 34.3 Å². The highest BCUT2D eigenvalue weighted by molar-refractivity contribution is 6.02. The summed E-state index contributed by atoms with van der Waals surface area (Å²) in [5.74, 6) is 2.16. The number of ether oxygens (including phenoxy) is 2. The molecule has 5 heterocycles. The van der Waals surface area contributed by atoms with Crippen molar-refractivity contribution in [3.8, 4) is 22.6 Å². The number of piperidine rings is 2. The molecule has 0 saturated carbocycles. The van der Waals surface area contributed by atoms with Crippen molar-refractivity contribution in [2.75, 3.05) is 72.5 Å². The molecular formula is C36H47N7O6. The zero-order valence-corrected chi connectivity index (χ0v) is 29.2. The number of piperazine rings is 1. The maximum Gasteiger partial charge on any atom is 0.259 e. The summed E-state index contributed by atoms with van der Waals surface area (Å²) >= 11 is 0. The number of imide groups is 1. The third-order valence-electron chi connectivity index (χ3n) is 10.3. The van der Waals surface area contributed by atoms with E-state index in [9.17, 15) is 19.2 Å². The van der Waals surface area contributed by atoms with E-state index in [1.54, 1.807) is 36.9 Å². The average molecular weight is 674 g/mol. The van der Waals surface area contributed by atoms with Gasteiger partial charge in [0.05, 0.1) is 31.7 Å². The Kier molecular flexibility index (Phi) is 10.2. The van der Waals surface area contributed by atoms with Crippen LogP contribution < -0.4 is 25.2 Å². The number of amides is 3. The van der Waals surface area contributed by atoms with Gasteiger partial charge in [0, 0.05) is 70.5 Å². The first-order valence-corrected chi connectivity index (χ1v) is 17.1. The summed E-state index contributed by atoms with van der Waals surface area (Å²) < 4.78 is 13.5. The van der Waals surface area contributed by atoms with E-state index in [2.05, 4.69) is 20.1 Å². The van der Waals surface area contributed by atoms with Crippen LogP contribution in [-0.4, -0.2) is 116 Å². The first kappa shape index (κ1) is 34.4. The van der Waals surface area contributed by atoms with Crippen LogP contribution in [0.2, 0.25) is 0 Å². The highest BCUT2D eigenvalue weighted by Gasteiger charge is 2.37. The van der Waals surface area contributed by atoms with Crippen LogP contribution in [0.1, 0.15) is 37.7 Å². The number of likely N-dealkylation sites (tertiary alicyclic amines) is 1. The van der Waals surface area contributed by atoms with Crippen molar-refractivity contribution in [1.29, 1.82) is 0 Å². The molecule has 3 amide bonds. The van der Waals surface area contributed by atoms with Crippen LogP contribution >= 0.6 is 0 Å². The topological polar surface area (TPSA) is 130 Å². The second kappa shape index (κ2) is 14.6. The summed E-state index contributed by atoms with van der Waals surface area (Å²) in [6, 6.07) is 5.47. The van der Waals surface area contributed by atoms with Gasteiger partial charge in [0.25, 0.3) is 5.56 Å². The molecule has 13 heteroatoms. The Balaban J connectivity index is 1.08. The number of pyridine rings is 2. The van der Waals surface area contributed by atoms with Crippen molar-refractivity contribution >= 4 is 34.3 Å². The Hall–Kier alpha value is -4.49. The molecule has 0 bridgehead atoms. The van der Waals surface area contributed by atoms with Crippen LogP contribution in [0.25, 0.3) is 21.9 Å². The predicted octanol–water partition coefficient (Wildman–Crippen LogP) is 2.24. The summed E-state index contributed by atoms with van der Waals surface area (Å²) in [6.45, 7) is 5.02. The van der Waals surface area contributed by atoms with Crippen molar-refractivity contribution in [2.45, 2.75) is 44.7 Å². The van der Waals surface area contributed by atoms with E-state index in [0.717, 1.165) is 84.8 Å². The number of hydrogen-bond acceptors (Lipinski definition) is 10. The molecule has 3 aliphatic heterocycles. The van der Waals surface area contributed by atoms with Gasteiger partial charge in [-0.25, -0.2) is 4.98 Å². The number of benzene rings is 1. The van der Waals surface area contributed by atoms with Gasteiger partial charge in [-0.15, -0.1) is 0 Å². The zero-order valence-electron chi connectivity index (χ0n) is 29.2. The largest absolute Gasteiger partial charge is 0.496 e. The van der Waals surface area contributed by atoms with Crippen molar-refractivity contribution in [3.05, 3.63) is 46.5 Å². The summed E-state index contributed by atoms with van der Waals surface area (Å²) in [6.07, 6.45) is 7.35. The van der Waals surface area contributed by atoms with Gasteiger partial charge in [-0.2, -0.15) is 0 Å². The number of hydrogen-bond donors (Lipinski definition) is 1. The summed E-state index contributed by atoms with van der Waals surface area (Å²) in [5.41, 5.74) is 2.68. The number of methoxy groups -OCH3 is 2. The number of aromatic nitrogens is 2. The van der Waals surface area contributed by atoms with Crippen LogP contribution in [0.4, 0.5) is 5.82 Å². The molecule has 13 nitrogen and oxygen atoms in total. The Labute approximate surface area is 286 Å². The SMILES string of the molecule is COc1cc(-c2cn(C)c(=O)c3cnc(N(C)C)cc23)cc(OC)c1CN1CCC(CCN2CCN(C3CCC(=O)NC3=O)C(=O)C2)CC1. The zero-order chi connectivity index (χ0) is 34.8. The minimum atomic E-state index is -0.535. The van der Waals surface area contributed by atoms with Crippen LogP contribution in [0.15, 0.2) is 35.4 Å². The first-order chi connectivity index (χ1) is 23.6. The second-order valence-electron chi connectivity index (χ2n) is 13.6. The molecule has 1 unspecified atom stereocenters. The molecule has 3 aliphatic rings. The number of aryl methyl sites for hydroxylation is 1. The number of fused-ring (bicyclic) bond motifs is 1. The predicted molar refractivity (Wildman–Crippen MR) is 187 cm³/mol. The smallest absolute Gasteiger partial charge is 0.259 e. The molecule has 0 radical (unpaired) electrons. The Bertz CT molecular complexity index is 1770. The molecule has 3 aromatic rings. The lowest BCUT2D eigenvalue weighted by atomic mass is 9.92. The molecule has 6 rings (SSSR count). The number of nitrogens with zero attached hydrogens (tertiary/aromatic N) is 6. The fourth-order valence-electron chi connectivity index (χ4n) is 7.38. The Morgan fingerprint density at radius 3 is 2.27 bits per heavy atom. The number of nitrogens with one attached hydrogen (secondary N) is 1. The molecule has 1 aromatic carbocycles. The van der Waals surface area contributed by atoms with Gasteiger partial charge in [-0.05, 0) is 75.0 Å². The molecule has 0 spiro atoms. The third kappa shape index (κ3) is 7.28. The van der Waals surface area contributed by atoms with E-state index >= 15 is 0 Å². The monoisotopic (exact) mass is 673 g/mol. The van der Waals surface area contributed by atoms with Crippen LogP contribution in [0.3, 0.4) is 0 Å². The molecule has 1 N–H and O–H groups in total. The third-order valence-corrected chi connectivity index (χ3v) is 10.3. The fourth-order valence-corrected chi connectivity index (χ4v) is 7.38. The quantitative estimate of drug-likeness (QED) is 0.320. The normalized spacial score (nSPS) is 19.7. The van der Waals surface area contributed by atoms with Crippen LogP contribution in [0.5, 0.6) is 11.5 Å². The van der Waals surface area contributed by atoms with E-state index in [4.69, 9.17) is 9.47 Å². The average Bonchev–Trinajstić information content (AvgIpc) is 3.09. The molecule has 2 aromatic heterocycles. The summed E-state index contributed by atoms with van der Waals surface area (Å²) in [4.78, 5) is 62.3. The molecule has 262 valence electrons. The lowest BCUT2D eigenvalue weighted by Gasteiger charge is -2.40. The van der Waals surface area contributed by atoms with Gasteiger partial charge >= 0.3 is 0 Å². The van der Waals surface area contributed by atoms with Crippen molar-refractivity contribution in [3.63, 3.8) is 0 Å². The van der Waals surface area contributed by atoms with Gasteiger partial charge in [0.2, 0.25) is 17.7 Å². The standard InChI is InChI=1S/C36H47N7O6/c1-39(2)32-18-25-26(19-37-32)36(47)40(3)20-27(25)24-16-30(48-4)28(31(17-24)49-5)21-41-11-8-23(9-12-41)10-13-42-14-15-43(34(45)22-42)29-6-7-33(44)38-35(29)46/h16-20,23,29H,6-15,21-22H2,1-5H3,(H,38,44,46). The molecule has 3 fully saturated rings. The van der Waals surface area contributed by atoms with E-state index in [1.807, 2.05) is 43.4 Å². The van der Waals surface area contributed by atoms with Gasteiger partial charge in [0.1, 0.15) is 23.4 Å². The lowest BCUT2D eigenvalue weighted by molar-refractivity contribution is -0.149. The molecule has 49 heavy (non-hydrogen) atoms.